The lowest BCUT2D eigenvalue weighted by Crippen LogP contribution is -1.88. The predicted octanol–water partition coefficient (Wildman–Crippen LogP) is 3.87. The minimum absolute atomic E-state index is 0.0591. The van der Waals surface area contributed by atoms with Gasteiger partial charge < -0.3 is 0 Å². The van der Waals surface area contributed by atoms with Gasteiger partial charge in [0.15, 0.2) is 6.29 Å². The quantitative estimate of drug-likeness (QED) is 0.482. The lowest BCUT2D eigenvalue weighted by molar-refractivity contribution is -0.384. The first-order chi connectivity index (χ1) is 9.10. The Balaban J connectivity index is 2.26. The van der Waals surface area contributed by atoms with Gasteiger partial charge in [-0.2, -0.15) is 0 Å². The highest BCUT2D eigenvalue weighted by atomic mass is 32.2. The molecule has 96 valence electrons. The number of carbonyl (C=O) groups is 1. The normalized spacial score (nSPS) is 10.2. The third-order valence-electron chi connectivity index (χ3n) is 2.57. The highest BCUT2D eigenvalue weighted by molar-refractivity contribution is 7.99. The second kappa shape index (κ2) is 5.67. The van der Waals surface area contributed by atoms with Crippen molar-refractivity contribution in [3.63, 3.8) is 0 Å². The first-order valence-corrected chi connectivity index (χ1v) is 6.40. The Morgan fingerprint density at radius 1 is 1.16 bits per heavy atom. The highest BCUT2D eigenvalue weighted by Crippen LogP contribution is 2.31. The lowest BCUT2D eigenvalue weighted by Gasteiger charge is -2.05. The molecule has 0 radical (unpaired) electrons. The smallest absolute Gasteiger partial charge is 0.269 e. The molecule has 0 atom stereocenters. The van der Waals surface area contributed by atoms with Crippen LogP contribution in [0, 0.1) is 17.0 Å². The summed E-state index contributed by atoms with van der Waals surface area (Å²) in [7, 11) is 0. The minimum Gasteiger partial charge on any atom is -0.298 e. The number of rotatable bonds is 4. The largest absolute Gasteiger partial charge is 0.298 e. The molecule has 0 aliphatic carbocycles. The van der Waals surface area contributed by atoms with E-state index >= 15 is 0 Å². The second-order valence-electron chi connectivity index (χ2n) is 4.01. The molecule has 0 aliphatic heterocycles. The van der Waals surface area contributed by atoms with Crippen molar-refractivity contribution in [2.75, 3.05) is 0 Å². The molecule has 0 spiro atoms. The number of aldehydes is 1. The lowest BCUT2D eigenvalue weighted by atomic mass is 10.2. The molecule has 0 bridgehead atoms. The van der Waals surface area contributed by atoms with E-state index in [9.17, 15) is 14.9 Å². The SMILES string of the molecule is Cc1ccc(Sc2ccc([N+](=O)[O-])cc2)c(C=O)c1. The molecular formula is C14H11NO3S. The third-order valence-corrected chi connectivity index (χ3v) is 3.67. The molecule has 2 rings (SSSR count). The van der Waals surface area contributed by atoms with E-state index in [4.69, 9.17) is 0 Å². The summed E-state index contributed by atoms with van der Waals surface area (Å²) in [5.41, 5.74) is 1.71. The van der Waals surface area contributed by atoms with Gasteiger partial charge in [-0.15, -0.1) is 0 Å². The number of nitro groups is 1. The van der Waals surface area contributed by atoms with Gasteiger partial charge in [-0.1, -0.05) is 23.4 Å². The first kappa shape index (κ1) is 13.3. The van der Waals surface area contributed by atoms with Crippen LogP contribution in [0.25, 0.3) is 0 Å². The van der Waals surface area contributed by atoms with Crippen LogP contribution >= 0.6 is 11.8 Å². The molecule has 0 N–H and O–H groups in total. The second-order valence-corrected chi connectivity index (χ2v) is 5.13. The number of aryl methyl sites for hydroxylation is 1. The first-order valence-electron chi connectivity index (χ1n) is 5.58. The monoisotopic (exact) mass is 273 g/mol. The summed E-state index contributed by atoms with van der Waals surface area (Å²) < 4.78 is 0. The minimum atomic E-state index is -0.433. The van der Waals surface area contributed by atoms with Crippen LogP contribution < -0.4 is 0 Å². The molecule has 2 aromatic carbocycles. The molecule has 0 amide bonds. The van der Waals surface area contributed by atoms with Crippen LogP contribution in [0.1, 0.15) is 15.9 Å². The molecule has 5 heteroatoms. The molecule has 0 unspecified atom stereocenters. The van der Waals surface area contributed by atoms with Crippen molar-refractivity contribution in [2.45, 2.75) is 16.7 Å². The molecular weight excluding hydrogens is 262 g/mol. The molecule has 0 saturated heterocycles. The van der Waals surface area contributed by atoms with E-state index in [2.05, 4.69) is 0 Å². The van der Waals surface area contributed by atoms with Gasteiger partial charge in [0.25, 0.3) is 5.69 Å². The molecule has 4 nitrogen and oxygen atoms in total. The Labute approximate surface area is 114 Å². The number of hydrogen-bond acceptors (Lipinski definition) is 4. The zero-order valence-corrected chi connectivity index (χ0v) is 11.0. The number of nitrogens with zero attached hydrogens (tertiary/aromatic N) is 1. The van der Waals surface area contributed by atoms with E-state index in [1.54, 1.807) is 12.1 Å². The molecule has 0 fully saturated rings. The van der Waals surface area contributed by atoms with E-state index < -0.39 is 4.92 Å². The molecule has 0 saturated carbocycles. The summed E-state index contributed by atoms with van der Waals surface area (Å²) in [5, 5.41) is 10.6. The van der Waals surface area contributed by atoms with Crippen molar-refractivity contribution in [1.82, 2.24) is 0 Å². The fraction of sp³-hybridized carbons (Fsp3) is 0.0714. The average Bonchev–Trinajstić information content (AvgIpc) is 2.41. The van der Waals surface area contributed by atoms with Gasteiger partial charge in [0.1, 0.15) is 0 Å². The zero-order valence-electron chi connectivity index (χ0n) is 10.2. The Kier molecular flexibility index (Phi) is 3.97. The fourth-order valence-electron chi connectivity index (χ4n) is 1.62. The Bertz CT molecular complexity index is 623. The van der Waals surface area contributed by atoms with E-state index in [-0.39, 0.29) is 5.69 Å². The predicted molar refractivity (Wildman–Crippen MR) is 73.8 cm³/mol. The summed E-state index contributed by atoms with van der Waals surface area (Å²) in [4.78, 5) is 22.8. The van der Waals surface area contributed by atoms with Crippen molar-refractivity contribution in [3.8, 4) is 0 Å². The highest BCUT2D eigenvalue weighted by Gasteiger charge is 2.07. The maximum absolute atomic E-state index is 11.0. The average molecular weight is 273 g/mol. The van der Waals surface area contributed by atoms with Gasteiger partial charge in [-0.25, -0.2) is 0 Å². The standard InChI is InChI=1S/C14H11NO3S/c1-10-2-7-14(11(8-10)9-16)19-13-5-3-12(4-6-13)15(17)18/h2-9H,1H3. The van der Waals surface area contributed by atoms with Gasteiger partial charge >= 0.3 is 0 Å². The maximum Gasteiger partial charge on any atom is 0.269 e. The van der Waals surface area contributed by atoms with Gasteiger partial charge in [0.2, 0.25) is 0 Å². The molecule has 0 aliphatic rings. The molecule has 19 heavy (non-hydrogen) atoms. The number of carbonyl (C=O) groups excluding carboxylic acids is 1. The van der Waals surface area contributed by atoms with Crippen molar-refractivity contribution in [1.29, 1.82) is 0 Å². The summed E-state index contributed by atoms with van der Waals surface area (Å²) in [6.45, 7) is 1.92. The van der Waals surface area contributed by atoms with Crippen LogP contribution in [0.5, 0.6) is 0 Å². The van der Waals surface area contributed by atoms with Crippen molar-refractivity contribution in [3.05, 3.63) is 63.7 Å². The number of benzene rings is 2. The van der Waals surface area contributed by atoms with Gasteiger partial charge in [-0.3, -0.25) is 14.9 Å². The Morgan fingerprint density at radius 2 is 1.84 bits per heavy atom. The zero-order chi connectivity index (χ0) is 13.8. The fourth-order valence-corrected chi connectivity index (χ4v) is 2.50. The Morgan fingerprint density at radius 3 is 2.42 bits per heavy atom. The van der Waals surface area contributed by atoms with E-state index in [1.807, 2.05) is 25.1 Å². The van der Waals surface area contributed by atoms with Gasteiger partial charge in [0.05, 0.1) is 4.92 Å². The van der Waals surface area contributed by atoms with Crippen molar-refractivity contribution < 1.29 is 9.72 Å². The molecule has 2 aromatic rings. The van der Waals surface area contributed by atoms with E-state index in [0.29, 0.717) is 5.56 Å². The molecule has 0 heterocycles. The van der Waals surface area contributed by atoms with Crippen LogP contribution in [-0.2, 0) is 0 Å². The van der Waals surface area contributed by atoms with E-state index in [0.717, 1.165) is 21.6 Å². The number of nitro benzene ring substituents is 1. The summed E-state index contributed by atoms with van der Waals surface area (Å²) in [6, 6.07) is 11.9. The van der Waals surface area contributed by atoms with Gasteiger partial charge in [0, 0.05) is 27.5 Å². The van der Waals surface area contributed by atoms with Crippen LogP contribution in [0.3, 0.4) is 0 Å². The van der Waals surface area contributed by atoms with Crippen LogP contribution in [-0.4, -0.2) is 11.2 Å². The van der Waals surface area contributed by atoms with E-state index in [1.165, 1.54) is 23.9 Å². The molecule has 0 aromatic heterocycles. The number of hydrogen-bond donors (Lipinski definition) is 0. The maximum atomic E-state index is 11.0. The van der Waals surface area contributed by atoms with Crippen LogP contribution in [0.2, 0.25) is 0 Å². The van der Waals surface area contributed by atoms with Crippen molar-refractivity contribution >= 4 is 23.7 Å². The Hall–Kier alpha value is -2.14. The van der Waals surface area contributed by atoms with Crippen LogP contribution in [0.15, 0.2) is 52.3 Å². The summed E-state index contributed by atoms with van der Waals surface area (Å²) in [5.74, 6) is 0. The third kappa shape index (κ3) is 3.20. The number of non-ortho nitro benzene ring substituents is 1. The van der Waals surface area contributed by atoms with Crippen LogP contribution in [0.4, 0.5) is 5.69 Å². The summed E-state index contributed by atoms with van der Waals surface area (Å²) in [6.07, 6.45) is 0.820. The summed E-state index contributed by atoms with van der Waals surface area (Å²) >= 11 is 1.41. The van der Waals surface area contributed by atoms with Gasteiger partial charge in [-0.05, 0) is 31.2 Å². The van der Waals surface area contributed by atoms with Crippen molar-refractivity contribution in [2.24, 2.45) is 0 Å². The topological polar surface area (TPSA) is 60.2 Å².